The normalized spacial score (nSPS) is 19.3. The van der Waals surface area contributed by atoms with E-state index in [1.54, 1.807) is 0 Å². The fourth-order valence-electron chi connectivity index (χ4n) is 2.98. The van der Waals surface area contributed by atoms with Gasteiger partial charge in [0.25, 0.3) is 0 Å². The van der Waals surface area contributed by atoms with Gasteiger partial charge in [0.2, 0.25) is 0 Å². The number of aromatic nitrogens is 1. The molecule has 21 heavy (non-hydrogen) atoms. The molecule has 1 aromatic heterocycles. The number of pyridine rings is 1. The summed E-state index contributed by atoms with van der Waals surface area (Å²) in [6, 6.07) is 4.44. The van der Waals surface area contributed by atoms with Gasteiger partial charge >= 0.3 is 0 Å². The Labute approximate surface area is 130 Å². The Morgan fingerprint density at radius 3 is 2.71 bits per heavy atom. The van der Waals surface area contributed by atoms with Crippen molar-refractivity contribution in [2.24, 2.45) is 5.92 Å². The van der Waals surface area contributed by atoms with Crippen LogP contribution in [0.4, 0.5) is 5.82 Å². The van der Waals surface area contributed by atoms with Crippen molar-refractivity contribution in [2.75, 3.05) is 18.0 Å². The van der Waals surface area contributed by atoms with Gasteiger partial charge in [-0.15, -0.1) is 0 Å². The molecule has 3 heteroatoms. The molecule has 1 saturated heterocycles. The van der Waals surface area contributed by atoms with Crippen LogP contribution in [0, 0.1) is 12.8 Å². The first-order chi connectivity index (χ1) is 9.89. The van der Waals surface area contributed by atoms with E-state index in [9.17, 15) is 0 Å². The van der Waals surface area contributed by atoms with Gasteiger partial charge in [-0.2, -0.15) is 0 Å². The number of hydrogen-bond donors (Lipinski definition) is 1. The molecule has 0 amide bonds. The molecule has 2 rings (SSSR count). The second kappa shape index (κ2) is 6.78. The van der Waals surface area contributed by atoms with Crippen molar-refractivity contribution in [3.05, 3.63) is 23.4 Å². The Hall–Kier alpha value is -1.09. The molecule has 0 bridgehead atoms. The standard InChI is InChI=1S/C18H31N3/c1-6-7-15-10-11-21(13-15)17-9-8-16(14(2)20-17)12-19-18(3,4)5/h8-9,15,19H,6-7,10-13H2,1-5H3. The number of nitrogens with zero attached hydrogens (tertiary/aromatic N) is 2. The molecule has 1 aliphatic rings. The van der Waals surface area contributed by atoms with Crippen molar-refractivity contribution < 1.29 is 0 Å². The summed E-state index contributed by atoms with van der Waals surface area (Å²) >= 11 is 0. The fourth-order valence-corrected chi connectivity index (χ4v) is 2.98. The quantitative estimate of drug-likeness (QED) is 0.891. The molecule has 1 unspecified atom stereocenters. The van der Waals surface area contributed by atoms with Gasteiger partial charge in [0.15, 0.2) is 0 Å². The lowest BCUT2D eigenvalue weighted by Gasteiger charge is -2.22. The van der Waals surface area contributed by atoms with E-state index in [0.717, 1.165) is 30.5 Å². The van der Waals surface area contributed by atoms with Gasteiger partial charge in [-0.05, 0) is 58.1 Å². The minimum absolute atomic E-state index is 0.146. The third kappa shape index (κ3) is 4.70. The summed E-state index contributed by atoms with van der Waals surface area (Å²) in [5, 5.41) is 3.54. The third-order valence-electron chi connectivity index (χ3n) is 4.30. The molecule has 1 N–H and O–H groups in total. The Kier molecular flexibility index (Phi) is 5.26. The average Bonchev–Trinajstić information content (AvgIpc) is 2.85. The maximum absolute atomic E-state index is 4.84. The highest BCUT2D eigenvalue weighted by Crippen LogP contribution is 2.26. The molecule has 2 heterocycles. The molecular weight excluding hydrogens is 258 g/mol. The zero-order chi connectivity index (χ0) is 15.5. The van der Waals surface area contributed by atoms with Gasteiger partial charge in [-0.1, -0.05) is 19.4 Å². The number of anilines is 1. The molecule has 1 fully saturated rings. The number of nitrogens with one attached hydrogen (secondary N) is 1. The molecule has 0 aromatic carbocycles. The molecule has 1 aromatic rings. The first-order valence-electron chi connectivity index (χ1n) is 8.35. The summed E-state index contributed by atoms with van der Waals surface area (Å²) in [6.07, 6.45) is 3.97. The summed E-state index contributed by atoms with van der Waals surface area (Å²) in [6.45, 7) is 14.2. The van der Waals surface area contributed by atoms with Gasteiger partial charge in [0.1, 0.15) is 5.82 Å². The third-order valence-corrected chi connectivity index (χ3v) is 4.30. The highest BCUT2D eigenvalue weighted by molar-refractivity contribution is 5.42. The minimum Gasteiger partial charge on any atom is -0.356 e. The maximum atomic E-state index is 4.84. The fraction of sp³-hybridized carbons (Fsp3) is 0.722. The molecule has 118 valence electrons. The topological polar surface area (TPSA) is 28.2 Å². The lowest BCUT2D eigenvalue weighted by molar-refractivity contribution is 0.423. The molecule has 1 aliphatic heterocycles. The van der Waals surface area contributed by atoms with Crippen molar-refractivity contribution in [1.29, 1.82) is 0 Å². The van der Waals surface area contributed by atoms with Crippen LogP contribution in [0.2, 0.25) is 0 Å². The lowest BCUT2D eigenvalue weighted by Crippen LogP contribution is -2.35. The molecule has 0 aliphatic carbocycles. The number of hydrogen-bond acceptors (Lipinski definition) is 3. The first kappa shape index (κ1) is 16.3. The van der Waals surface area contributed by atoms with E-state index < -0.39 is 0 Å². The van der Waals surface area contributed by atoms with Gasteiger partial charge in [-0.25, -0.2) is 4.98 Å². The molecular formula is C18H31N3. The molecule has 0 saturated carbocycles. The zero-order valence-corrected chi connectivity index (χ0v) is 14.4. The highest BCUT2D eigenvalue weighted by atomic mass is 15.2. The summed E-state index contributed by atoms with van der Waals surface area (Å²) in [4.78, 5) is 7.29. The van der Waals surface area contributed by atoms with Crippen LogP contribution in [-0.2, 0) is 6.54 Å². The monoisotopic (exact) mass is 289 g/mol. The van der Waals surface area contributed by atoms with E-state index in [1.807, 2.05) is 0 Å². The number of rotatable bonds is 5. The van der Waals surface area contributed by atoms with Crippen molar-refractivity contribution in [1.82, 2.24) is 10.3 Å². The van der Waals surface area contributed by atoms with E-state index in [4.69, 9.17) is 4.98 Å². The van der Waals surface area contributed by atoms with Gasteiger partial charge < -0.3 is 10.2 Å². The Morgan fingerprint density at radius 2 is 2.10 bits per heavy atom. The molecule has 1 atom stereocenters. The van der Waals surface area contributed by atoms with Crippen molar-refractivity contribution in [3.63, 3.8) is 0 Å². The summed E-state index contributed by atoms with van der Waals surface area (Å²) in [5.74, 6) is 2.02. The van der Waals surface area contributed by atoms with Crippen LogP contribution < -0.4 is 10.2 Å². The van der Waals surface area contributed by atoms with E-state index in [1.165, 1.54) is 31.4 Å². The Balaban J connectivity index is 1.99. The summed E-state index contributed by atoms with van der Waals surface area (Å²) in [7, 11) is 0. The van der Waals surface area contributed by atoms with E-state index in [0.29, 0.717) is 0 Å². The predicted molar refractivity (Wildman–Crippen MR) is 90.8 cm³/mol. The van der Waals surface area contributed by atoms with Gasteiger partial charge in [0, 0.05) is 30.9 Å². The largest absolute Gasteiger partial charge is 0.356 e. The summed E-state index contributed by atoms with van der Waals surface area (Å²) < 4.78 is 0. The minimum atomic E-state index is 0.146. The second-order valence-electron chi connectivity index (χ2n) is 7.41. The van der Waals surface area contributed by atoms with Crippen LogP contribution >= 0.6 is 0 Å². The summed E-state index contributed by atoms with van der Waals surface area (Å²) in [5.41, 5.74) is 2.61. The van der Waals surface area contributed by atoms with Crippen molar-refractivity contribution in [2.45, 2.75) is 66.0 Å². The predicted octanol–water partition coefficient (Wildman–Crippen LogP) is 3.90. The van der Waals surface area contributed by atoms with Crippen LogP contribution in [0.3, 0.4) is 0 Å². The Bertz CT molecular complexity index is 462. The van der Waals surface area contributed by atoms with Crippen molar-refractivity contribution in [3.8, 4) is 0 Å². The second-order valence-corrected chi connectivity index (χ2v) is 7.41. The lowest BCUT2D eigenvalue weighted by atomic mass is 10.0. The van der Waals surface area contributed by atoms with Crippen LogP contribution in [0.15, 0.2) is 12.1 Å². The maximum Gasteiger partial charge on any atom is 0.128 e. The van der Waals surface area contributed by atoms with E-state index >= 15 is 0 Å². The van der Waals surface area contributed by atoms with E-state index in [2.05, 4.69) is 57.0 Å². The van der Waals surface area contributed by atoms with Crippen molar-refractivity contribution >= 4 is 5.82 Å². The van der Waals surface area contributed by atoms with Crippen LogP contribution in [0.5, 0.6) is 0 Å². The van der Waals surface area contributed by atoms with Crippen LogP contribution in [0.1, 0.15) is 58.2 Å². The first-order valence-corrected chi connectivity index (χ1v) is 8.35. The Morgan fingerprint density at radius 1 is 1.33 bits per heavy atom. The number of aryl methyl sites for hydroxylation is 1. The van der Waals surface area contributed by atoms with Gasteiger partial charge in [-0.3, -0.25) is 0 Å². The average molecular weight is 289 g/mol. The van der Waals surface area contributed by atoms with Gasteiger partial charge in [0.05, 0.1) is 0 Å². The smallest absolute Gasteiger partial charge is 0.128 e. The molecule has 0 spiro atoms. The molecule has 3 nitrogen and oxygen atoms in total. The highest BCUT2D eigenvalue weighted by Gasteiger charge is 2.23. The molecule has 0 radical (unpaired) electrons. The van der Waals surface area contributed by atoms with Crippen LogP contribution in [0.25, 0.3) is 0 Å². The zero-order valence-electron chi connectivity index (χ0n) is 14.4. The SMILES string of the molecule is CCCC1CCN(c2ccc(CNC(C)(C)C)c(C)n2)C1. The van der Waals surface area contributed by atoms with E-state index in [-0.39, 0.29) is 5.54 Å². The van der Waals surface area contributed by atoms with Crippen LogP contribution in [-0.4, -0.2) is 23.6 Å².